The Kier molecular flexibility index (Phi) is 8.91. The summed E-state index contributed by atoms with van der Waals surface area (Å²) < 4.78 is 29.5. The number of aromatic nitrogens is 3. The highest BCUT2D eigenvalue weighted by atomic mass is 19.1. The van der Waals surface area contributed by atoms with Crippen LogP contribution in [-0.2, 0) is 13.0 Å². The van der Waals surface area contributed by atoms with Crippen LogP contribution in [0.2, 0.25) is 0 Å². The number of nitrogens with two attached hydrogens (primary N) is 1. The number of allylic oxidation sites excluding steroid dienone is 3. The number of nitrogens with one attached hydrogen (secondary N) is 3. The second-order valence-electron chi connectivity index (χ2n) is 9.60. The maximum absolute atomic E-state index is 15.1. The number of nitrogens with zero attached hydrogens (tertiary/aromatic N) is 2. The highest BCUT2D eigenvalue weighted by molar-refractivity contribution is 5.80. The van der Waals surface area contributed by atoms with E-state index in [9.17, 15) is 4.39 Å². The van der Waals surface area contributed by atoms with Crippen LogP contribution in [0.4, 0.5) is 20.2 Å². The molecule has 0 aliphatic heterocycles. The summed E-state index contributed by atoms with van der Waals surface area (Å²) in [6.45, 7) is 12.2. The van der Waals surface area contributed by atoms with Crippen molar-refractivity contribution in [3.63, 3.8) is 0 Å². The molecule has 0 atom stereocenters. The van der Waals surface area contributed by atoms with E-state index in [1.165, 1.54) is 18.2 Å². The van der Waals surface area contributed by atoms with Crippen molar-refractivity contribution >= 4 is 16.9 Å². The molecule has 0 bridgehead atoms. The maximum Gasteiger partial charge on any atom is 0.133 e. The molecule has 2 aromatic heterocycles. The van der Waals surface area contributed by atoms with Gasteiger partial charge in [-0.05, 0) is 73.5 Å². The molecule has 40 heavy (non-hydrogen) atoms. The Bertz CT molecular complexity index is 1580. The van der Waals surface area contributed by atoms with Gasteiger partial charge in [-0.25, -0.2) is 13.8 Å². The van der Waals surface area contributed by atoms with Gasteiger partial charge < -0.3 is 21.4 Å². The third kappa shape index (κ3) is 6.52. The molecule has 2 heterocycles. The van der Waals surface area contributed by atoms with Crippen LogP contribution in [0.5, 0.6) is 0 Å². The minimum absolute atomic E-state index is 0.321. The third-order valence-corrected chi connectivity index (χ3v) is 6.51. The van der Waals surface area contributed by atoms with Crippen molar-refractivity contribution < 1.29 is 8.78 Å². The average molecular weight is 541 g/mol. The molecule has 0 aliphatic rings. The molecular formula is C32H34F2N6. The lowest BCUT2D eigenvalue weighted by Gasteiger charge is -2.12. The highest BCUT2D eigenvalue weighted by Crippen LogP contribution is 2.31. The van der Waals surface area contributed by atoms with Gasteiger partial charge in [-0.3, -0.25) is 4.98 Å². The lowest BCUT2D eigenvalue weighted by molar-refractivity contribution is 0.623. The second kappa shape index (κ2) is 12.5. The summed E-state index contributed by atoms with van der Waals surface area (Å²) >= 11 is 0. The van der Waals surface area contributed by atoms with Crippen LogP contribution in [0.25, 0.3) is 16.7 Å². The molecule has 0 fully saturated rings. The topological polar surface area (TPSA) is 91.7 Å². The van der Waals surface area contributed by atoms with Gasteiger partial charge in [0.05, 0.1) is 17.6 Å². The number of imidazole rings is 1. The Morgan fingerprint density at radius 2 is 1.93 bits per heavy atom. The minimum atomic E-state index is -0.439. The molecule has 0 unspecified atom stereocenters. The molecule has 0 amide bonds. The van der Waals surface area contributed by atoms with Gasteiger partial charge in [0.2, 0.25) is 0 Å². The lowest BCUT2D eigenvalue weighted by atomic mass is 9.98. The van der Waals surface area contributed by atoms with Gasteiger partial charge in [0, 0.05) is 52.9 Å². The number of pyridine rings is 1. The first kappa shape index (κ1) is 28.4. The zero-order valence-electron chi connectivity index (χ0n) is 23.0. The van der Waals surface area contributed by atoms with Gasteiger partial charge in [0.1, 0.15) is 17.5 Å². The van der Waals surface area contributed by atoms with Crippen molar-refractivity contribution in [3.05, 3.63) is 125 Å². The molecule has 4 rings (SSSR count). The van der Waals surface area contributed by atoms with E-state index >= 15 is 4.39 Å². The number of halogens is 2. The summed E-state index contributed by atoms with van der Waals surface area (Å²) in [5.74, 6) is -0.123. The van der Waals surface area contributed by atoms with Crippen molar-refractivity contribution in [2.24, 2.45) is 0 Å². The number of H-pyrrole nitrogens is 1. The molecule has 5 N–H and O–H groups in total. The number of anilines is 2. The zero-order valence-corrected chi connectivity index (χ0v) is 23.0. The Morgan fingerprint density at radius 1 is 1.12 bits per heavy atom. The number of rotatable bonds is 11. The van der Waals surface area contributed by atoms with Crippen molar-refractivity contribution in [2.75, 3.05) is 18.1 Å². The molecule has 0 spiro atoms. The molecule has 0 saturated carbocycles. The zero-order chi connectivity index (χ0) is 28.8. The van der Waals surface area contributed by atoms with Crippen LogP contribution in [0, 0.1) is 18.6 Å². The molecule has 0 saturated heterocycles. The lowest BCUT2D eigenvalue weighted by Crippen LogP contribution is -2.06. The normalized spacial score (nSPS) is 11.5. The molecule has 0 radical (unpaired) electrons. The summed E-state index contributed by atoms with van der Waals surface area (Å²) in [6.07, 6.45) is 7.85. The first-order valence-corrected chi connectivity index (χ1v) is 13.0. The van der Waals surface area contributed by atoms with E-state index < -0.39 is 5.82 Å². The smallest absolute Gasteiger partial charge is 0.133 e. The summed E-state index contributed by atoms with van der Waals surface area (Å²) in [4.78, 5) is 12.4. The number of aromatic amines is 1. The van der Waals surface area contributed by atoms with Gasteiger partial charge in [-0.2, -0.15) is 0 Å². The average Bonchev–Trinajstić information content (AvgIpc) is 3.28. The molecule has 8 heteroatoms. The fraction of sp³-hybridized carbons (Fsp3) is 0.188. The van der Waals surface area contributed by atoms with E-state index in [1.54, 1.807) is 24.5 Å². The Hall–Kier alpha value is -4.56. The van der Waals surface area contributed by atoms with Crippen molar-refractivity contribution in [1.82, 2.24) is 20.3 Å². The van der Waals surface area contributed by atoms with Crippen LogP contribution in [0.15, 0.2) is 79.8 Å². The Morgan fingerprint density at radius 3 is 2.65 bits per heavy atom. The number of nitrogen functional groups attached to an aromatic ring is 1. The number of benzene rings is 2. The van der Waals surface area contributed by atoms with E-state index in [-0.39, 0.29) is 5.82 Å². The largest absolute Gasteiger partial charge is 0.398 e. The van der Waals surface area contributed by atoms with Crippen LogP contribution in [0.1, 0.15) is 47.2 Å². The van der Waals surface area contributed by atoms with Crippen LogP contribution in [0.3, 0.4) is 0 Å². The maximum atomic E-state index is 15.1. The standard InChI is InChI=1S/C32H34F2N6/c1-6-8-27(22-9-21(16-36-5)10-25(33)11-22)32-20(4)39-31(40-32)14-23-13-28(29(34)15-30(23)35)24-12-26(18-37-17-24)38-19(3)7-2/h6,8-13,15,17-18,36,38H,1,3,7,14,16,35H2,2,4-5H3,(H,39,40)/b27-8-. The fourth-order valence-electron chi connectivity index (χ4n) is 4.55. The van der Waals surface area contributed by atoms with E-state index in [0.29, 0.717) is 52.4 Å². The molecule has 2 aromatic carbocycles. The molecular weight excluding hydrogens is 506 g/mol. The van der Waals surface area contributed by atoms with Gasteiger partial charge in [0.15, 0.2) is 0 Å². The molecule has 206 valence electrons. The summed E-state index contributed by atoms with van der Waals surface area (Å²) in [6, 6.07) is 9.80. The van der Waals surface area contributed by atoms with E-state index in [4.69, 9.17) is 10.7 Å². The van der Waals surface area contributed by atoms with Crippen LogP contribution < -0.4 is 16.4 Å². The Labute approximate surface area is 233 Å². The fourth-order valence-corrected chi connectivity index (χ4v) is 4.55. The predicted octanol–water partition coefficient (Wildman–Crippen LogP) is 6.90. The van der Waals surface area contributed by atoms with Crippen molar-refractivity contribution in [1.29, 1.82) is 0 Å². The number of aryl methyl sites for hydroxylation is 1. The quantitative estimate of drug-likeness (QED) is 0.123. The van der Waals surface area contributed by atoms with E-state index in [0.717, 1.165) is 34.6 Å². The number of hydrogen-bond donors (Lipinski definition) is 4. The molecule has 6 nitrogen and oxygen atoms in total. The van der Waals surface area contributed by atoms with Gasteiger partial charge in [0.25, 0.3) is 0 Å². The van der Waals surface area contributed by atoms with Crippen molar-refractivity contribution in [3.8, 4) is 11.1 Å². The minimum Gasteiger partial charge on any atom is -0.398 e. The van der Waals surface area contributed by atoms with Gasteiger partial charge >= 0.3 is 0 Å². The first-order chi connectivity index (χ1) is 19.2. The summed E-state index contributed by atoms with van der Waals surface area (Å²) in [5, 5.41) is 6.24. The van der Waals surface area contributed by atoms with Gasteiger partial charge in [-0.1, -0.05) is 32.2 Å². The van der Waals surface area contributed by atoms with Crippen LogP contribution in [-0.4, -0.2) is 22.0 Å². The highest BCUT2D eigenvalue weighted by Gasteiger charge is 2.17. The number of hydrogen-bond acceptors (Lipinski definition) is 5. The Balaban J connectivity index is 1.68. The van der Waals surface area contributed by atoms with E-state index in [1.807, 2.05) is 39.1 Å². The molecule has 0 aliphatic carbocycles. The first-order valence-electron chi connectivity index (χ1n) is 13.0. The SMILES string of the molecule is C=C/C=C(/c1cc(F)cc(CNC)c1)c1nc(Cc2cc(-c3cncc(NC(=C)CC)c3)c(F)cc2N)[nH]c1C. The van der Waals surface area contributed by atoms with E-state index in [2.05, 4.69) is 33.8 Å². The molecule has 4 aromatic rings. The summed E-state index contributed by atoms with van der Waals surface area (Å²) in [5.41, 5.74) is 13.6. The second-order valence-corrected chi connectivity index (χ2v) is 9.60. The predicted molar refractivity (Wildman–Crippen MR) is 160 cm³/mol. The summed E-state index contributed by atoms with van der Waals surface area (Å²) in [7, 11) is 1.81. The third-order valence-electron chi connectivity index (χ3n) is 6.51. The van der Waals surface area contributed by atoms with Crippen LogP contribution >= 0.6 is 0 Å². The monoisotopic (exact) mass is 540 g/mol. The van der Waals surface area contributed by atoms with Gasteiger partial charge in [-0.15, -0.1) is 0 Å². The van der Waals surface area contributed by atoms with Crippen molar-refractivity contribution in [2.45, 2.75) is 33.2 Å².